The molecule has 0 amide bonds. The summed E-state index contributed by atoms with van der Waals surface area (Å²) < 4.78 is 0. The molecular weight excluding hydrogens is 200 g/mol. The van der Waals surface area contributed by atoms with E-state index < -0.39 is 0 Å². The monoisotopic (exact) mass is 212 g/mol. The molecule has 2 rings (SSSR count). The standard InChI is InChI=1S/C14H12O2/c15-13-8-4-3-7-12(13)14(16)10-9-11-5-1-2-6-11/h1-10,15-16H. The van der Waals surface area contributed by atoms with E-state index in [1.165, 1.54) is 0 Å². The van der Waals surface area contributed by atoms with Crippen LogP contribution in [-0.4, -0.2) is 10.2 Å². The highest BCUT2D eigenvalue weighted by Crippen LogP contribution is 2.22. The zero-order valence-corrected chi connectivity index (χ0v) is 8.67. The minimum Gasteiger partial charge on any atom is -0.507 e. The fourth-order valence-electron chi connectivity index (χ4n) is 1.46. The van der Waals surface area contributed by atoms with Crippen molar-refractivity contribution in [2.75, 3.05) is 0 Å². The molecular formula is C14H12O2. The van der Waals surface area contributed by atoms with E-state index in [2.05, 4.69) is 0 Å². The Morgan fingerprint density at radius 3 is 2.44 bits per heavy atom. The molecule has 0 aliphatic heterocycles. The fourth-order valence-corrected chi connectivity index (χ4v) is 1.46. The van der Waals surface area contributed by atoms with Crippen LogP contribution < -0.4 is 0 Å². The lowest BCUT2D eigenvalue weighted by Gasteiger charge is -2.01. The van der Waals surface area contributed by atoms with Gasteiger partial charge in [-0.15, -0.1) is 0 Å². The topological polar surface area (TPSA) is 40.5 Å². The average Bonchev–Trinajstić information content (AvgIpc) is 2.79. The molecule has 0 saturated heterocycles. The summed E-state index contributed by atoms with van der Waals surface area (Å²) in [5, 5.41) is 19.3. The van der Waals surface area contributed by atoms with Gasteiger partial charge in [0.1, 0.15) is 11.5 Å². The number of hydrogen-bond acceptors (Lipinski definition) is 2. The Morgan fingerprint density at radius 2 is 1.75 bits per heavy atom. The number of hydrogen-bond donors (Lipinski definition) is 2. The lowest BCUT2D eigenvalue weighted by molar-refractivity contribution is 0.460. The number of para-hydroxylation sites is 1. The van der Waals surface area contributed by atoms with Crippen LogP contribution in [0.15, 0.2) is 66.3 Å². The van der Waals surface area contributed by atoms with Gasteiger partial charge in [0.15, 0.2) is 0 Å². The average molecular weight is 212 g/mol. The molecule has 0 saturated carbocycles. The Kier molecular flexibility index (Phi) is 2.92. The predicted octanol–water partition coefficient (Wildman–Crippen LogP) is 3.34. The van der Waals surface area contributed by atoms with Gasteiger partial charge in [-0.25, -0.2) is 0 Å². The predicted molar refractivity (Wildman–Crippen MR) is 65.1 cm³/mol. The van der Waals surface area contributed by atoms with Gasteiger partial charge < -0.3 is 10.2 Å². The smallest absolute Gasteiger partial charge is 0.126 e. The van der Waals surface area contributed by atoms with E-state index in [1.807, 2.05) is 24.3 Å². The largest absolute Gasteiger partial charge is 0.507 e. The zero-order valence-electron chi connectivity index (χ0n) is 8.67. The lowest BCUT2D eigenvalue weighted by Crippen LogP contribution is -1.82. The highest BCUT2D eigenvalue weighted by atomic mass is 16.3. The molecule has 0 radical (unpaired) electrons. The second-order valence-corrected chi connectivity index (χ2v) is 3.45. The number of allylic oxidation sites excluding steroid dienone is 7. The Hall–Kier alpha value is -2.22. The maximum Gasteiger partial charge on any atom is 0.126 e. The molecule has 1 aromatic carbocycles. The van der Waals surface area contributed by atoms with E-state index in [0.717, 1.165) is 5.57 Å². The van der Waals surface area contributed by atoms with Crippen molar-refractivity contribution in [3.05, 3.63) is 71.9 Å². The van der Waals surface area contributed by atoms with Crippen molar-refractivity contribution in [3.63, 3.8) is 0 Å². The molecule has 0 spiro atoms. The fraction of sp³-hybridized carbons (Fsp3) is 0. The minimum atomic E-state index is 0.0549. The van der Waals surface area contributed by atoms with E-state index in [9.17, 15) is 10.2 Å². The van der Waals surface area contributed by atoms with E-state index in [-0.39, 0.29) is 11.5 Å². The summed E-state index contributed by atoms with van der Waals surface area (Å²) in [7, 11) is 0. The Balaban J connectivity index is 2.25. The molecule has 80 valence electrons. The highest BCUT2D eigenvalue weighted by Gasteiger charge is 2.02. The first-order chi connectivity index (χ1) is 7.77. The molecule has 16 heavy (non-hydrogen) atoms. The zero-order chi connectivity index (χ0) is 11.4. The number of aliphatic hydroxyl groups is 1. The van der Waals surface area contributed by atoms with Gasteiger partial charge in [-0.2, -0.15) is 0 Å². The van der Waals surface area contributed by atoms with E-state index in [4.69, 9.17) is 0 Å². The van der Waals surface area contributed by atoms with Gasteiger partial charge in [0.2, 0.25) is 0 Å². The number of benzene rings is 1. The molecule has 2 heteroatoms. The van der Waals surface area contributed by atoms with Crippen molar-refractivity contribution >= 4 is 5.76 Å². The molecule has 1 aliphatic carbocycles. The second-order valence-electron chi connectivity index (χ2n) is 3.45. The van der Waals surface area contributed by atoms with Crippen LogP contribution >= 0.6 is 0 Å². The van der Waals surface area contributed by atoms with E-state index in [1.54, 1.807) is 36.4 Å². The van der Waals surface area contributed by atoms with Crippen molar-refractivity contribution in [2.45, 2.75) is 0 Å². The van der Waals surface area contributed by atoms with Crippen LogP contribution in [-0.2, 0) is 0 Å². The third-order valence-electron chi connectivity index (χ3n) is 2.30. The van der Waals surface area contributed by atoms with Crippen LogP contribution in [0.2, 0.25) is 0 Å². The van der Waals surface area contributed by atoms with Gasteiger partial charge in [-0.05, 0) is 23.8 Å². The third kappa shape index (κ3) is 2.23. The van der Waals surface area contributed by atoms with Crippen LogP contribution in [0.1, 0.15) is 5.56 Å². The molecule has 0 unspecified atom stereocenters. The number of phenols is 1. The van der Waals surface area contributed by atoms with Gasteiger partial charge >= 0.3 is 0 Å². The summed E-state index contributed by atoms with van der Waals surface area (Å²) in [6.45, 7) is 0. The van der Waals surface area contributed by atoms with Crippen LogP contribution in [0.25, 0.3) is 5.76 Å². The quantitative estimate of drug-likeness (QED) is 0.738. The van der Waals surface area contributed by atoms with E-state index >= 15 is 0 Å². The molecule has 0 atom stereocenters. The van der Waals surface area contributed by atoms with Gasteiger partial charge in [-0.1, -0.05) is 42.5 Å². The molecule has 1 aromatic rings. The second kappa shape index (κ2) is 4.53. The molecule has 2 nitrogen and oxygen atoms in total. The van der Waals surface area contributed by atoms with Crippen molar-refractivity contribution < 1.29 is 10.2 Å². The molecule has 0 aromatic heterocycles. The maximum absolute atomic E-state index is 9.77. The SMILES string of the molecule is OC(=CC=C1C=CC=C1)c1ccccc1O. The van der Waals surface area contributed by atoms with Crippen LogP contribution in [0.3, 0.4) is 0 Å². The maximum atomic E-state index is 9.77. The summed E-state index contributed by atoms with van der Waals surface area (Å²) in [5.74, 6) is 0.131. The summed E-state index contributed by atoms with van der Waals surface area (Å²) in [6, 6.07) is 6.69. The first-order valence-corrected chi connectivity index (χ1v) is 5.01. The van der Waals surface area contributed by atoms with Crippen molar-refractivity contribution in [3.8, 4) is 5.75 Å². The number of aliphatic hydroxyl groups excluding tert-OH is 1. The normalized spacial score (nSPS) is 14.5. The highest BCUT2D eigenvalue weighted by molar-refractivity contribution is 5.66. The first-order valence-electron chi connectivity index (χ1n) is 5.01. The minimum absolute atomic E-state index is 0.0549. The van der Waals surface area contributed by atoms with E-state index in [0.29, 0.717) is 5.56 Å². The van der Waals surface area contributed by atoms with Crippen LogP contribution in [0, 0.1) is 0 Å². The van der Waals surface area contributed by atoms with Crippen molar-refractivity contribution in [1.82, 2.24) is 0 Å². The molecule has 0 bridgehead atoms. The molecule has 1 aliphatic rings. The summed E-state index contributed by atoms with van der Waals surface area (Å²) in [4.78, 5) is 0. The molecule has 0 heterocycles. The van der Waals surface area contributed by atoms with Crippen molar-refractivity contribution in [2.24, 2.45) is 0 Å². The number of aromatic hydroxyl groups is 1. The number of phenolic OH excluding ortho intramolecular Hbond substituents is 1. The van der Waals surface area contributed by atoms with Crippen LogP contribution in [0.4, 0.5) is 0 Å². The summed E-state index contributed by atoms with van der Waals surface area (Å²) in [6.07, 6.45) is 11.1. The van der Waals surface area contributed by atoms with Gasteiger partial charge in [0.25, 0.3) is 0 Å². The Labute approximate surface area is 94.2 Å². The Morgan fingerprint density at radius 1 is 1.06 bits per heavy atom. The Bertz CT molecular complexity index is 491. The molecule has 2 N–H and O–H groups in total. The lowest BCUT2D eigenvalue weighted by atomic mass is 10.1. The third-order valence-corrected chi connectivity index (χ3v) is 2.30. The first kappa shape index (κ1) is 10.3. The number of rotatable bonds is 2. The van der Waals surface area contributed by atoms with Gasteiger partial charge in [-0.3, -0.25) is 0 Å². The molecule has 0 fully saturated rings. The van der Waals surface area contributed by atoms with Crippen LogP contribution in [0.5, 0.6) is 5.75 Å². The summed E-state index contributed by atoms with van der Waals surface area (Å²) in [5.41, 5.74) is 1.45. The van der Waals surface area contributed by atoms with Gasteiger partial charge in [0.05, 0.1) is 5.56 Å². The van der Waals surface area contributed by atoms with Gasteiger partial charge in [0, 0.05) is 0 Å². The summed E-state index contributed by atoms with van der Waals surface area (Å²) >= 11 is 0. The van der Waals surface area contributed by atoms with Crippen molar-refractivity contribution in [1.29, 1.82) is 0 Å².